The smallest absolute Gasteiger partial charge is 0.143 e. The summed E-state index contributed by atoms with van der Waals surface area (Å²) >= 11 is 1.85. The maximum absolute atomic E-state index is 6.89. The second-order valence-electron chi connectivity index (χ2n) is 13.7. The van der Waals surface area contributed by atoms with Crippen molar-refractivity contribution in [3.05, 3.63) is 188 Å². The number of rotatable bonds is 5. The summed E-state index contributed by atoms with van der Waals surface area (Å²) in [4.78, 5) is 2.38. The Balaban J connectivity index is 1.07. The van der Waals surface area contributed by atoms with Crippen LogP contribution in [0.1, 0.15) is 0 Å². The van der Waals surface area contributed by atoms with Gasteiger partial charge in [-0.3, -0.25) is 0 Å². The molecule has 0 saturated heterocycles. The minimum absolute atomic E-state index is 0.915. The predicted molar refractivity (Wildman–Crippen MR) is 227 cm³/mol. The van der Waals surface area contributed by atoms with Gasteiger partial charge in [0.25, 0.3) is 0 Å². The number of nitrogens with zero attached hydrogens (tertiary/aromatic N) is 1. The van der Waals surface area contributed by atoms with E-state index < -0.39 is 0 Å². The lowest BCUT2D eigenvalue weighted by Gasteiger charge is -2.26. The molecule has 0 aliphatic carbocycles. The molecule has 0 unspecified atom stereocenters. The molecule has 3 heteroatoms. The van der Waals surface area contributed by atoms with Crippen molar-refractivity contribution in [2.24, 2.45) is 0 Å². The largest absolute Gasteiger partial charge is 0.455 e. The SMILES string of the molecule is c1ccc(-c2cccc(N(c3ccc(-c4cccc5c4oc4c5ccc5ccc6ccccc6c54)cc3)c3ccc4sc5ccccc5c4c3)c2)cc1. The van der Waals surface area contributed by atoms with E-state index in [4.69, 9.17) is 4.42 Å². The van der Waals surface area contributed by atoms with Crippen molar-refractivity contribution < 1.29 is 4.42 Å². The first-order valence-corrected chi connectivity index (χ1v) is 18.8. The number of fused-ring (bicyclic) bond motifs is 10. The van der Waals surface area contributed by atoms with E-state index in [2.05, 4.69) is 193 Å². The van der Waals surface area contributed by atoms with Crippen LogP contribution in [-0.2, 0) is 0 Å². The first-order valence-electron chi connectivity index (χ1n) is 18.0. The Hall–Kier alpha value is -6.68. The first kappa shape index (κ1) is 30.0. The van der Waals surface area contributed by atoms with Crippen LogP contribution in [0, 0.1) is 0 Å². The van der Waals surface area contributed by atoms with Crippen molar-refractivity contribution >= 4 is 92.1 Å². The number of furan rings is 1. The molecular weight excluding hydrogens is 663 g/mol. The second-order valence-corrected chi connectivity index (χ2v) is 14.8. The third kappa shape index (κ3) is 4.86. The van der Waals surface area contributed by atoms with E-state index in [0.29, 0.717) is 0 Å². The van der Waals surface area contributed by atoms with E-state index in [9.17, 15) is 0 Å². The molecule has 0 amide bonds. The molecule has 53 heavy (non-hydrogen) atoms. The van der Waals surface area contributed by atoms with Gasteiger partial charge in [-0.1, -0.05) is 133 Å². The van der Waals surface area contributed by atoms with E-state index >= 15 is 0 Å². The molecule has 248 valence electrons. The standard InChI is InChI=1S/C50H31NOS/c1-2-10-32(11-3-1)36-13-8-14-38(30-36)51(39-27-29-47-45(31-39)42-16-6-7-19-46(42)53-47)37-25-22-34(23-26-37)41-17-9-18-43-44-28-24-35-21-20-33-12-4-5-15-40(33)48(35)50(44)52-49(41)43/h1-31H. The number of thiophene rings is 1. The molecular formula is C50H31NOS. The van der Waals surface area contributed by atoms with Crippen LogP contribution in [0.5, 0.6) is 0 Å². The van der Waals surface area contributed by atoms with Crippen LogP contribution in [0.4, 0.5) is 17.1 Å². The average Bonchev–Trinajstić information content (AvgIpc) is 3.80. The van der Waals surface area contributed by atoms with Gasteiger partial charge in [0.2, 0.25) is 0 Å². The van der Waals surface area contributed by atoms with E-state index in [1.165, 1.54) is 52.8 Å². The molecule has 0 saturated carbocycles. The summed E-state index contributed by atoms with van der Waals surface area (Å²) in [7, 11) is 0. The Morgan fingerprint density at radius 3 is 1.92 bits per heavy atom. The summed E-state index contributed by atoms with van der Waals surface area (Å²) in [5.41, 5.74) is 9.76. The zero-order chi connectivity index (χ0) is 34.9. The Bertz CT molecular complexity index is 3170. The minimum atomic E-state index is 0.915. The quantitative estimate of drug-likeness (QED) is 0.167. The number of anilines is 3. The lowest BCUT2D eigenvalue weighted by molar-refractivity contribution is 0.674. The Morgan fingerprint density at radius 1 is 0.358 bits per heavy atom. The zero-order valence-corrected chi connectivity index (χ0v) is 29.5. The monoisotopic (exact) mass is 693 g/mol. The Kier molecular flexibility index (Phi) is 6.76. The summed E-state index contributed by atoms with van der Waals surface area (Å²) in [6.45, 7) is 0. The highest BCUT2D eigenvalue weighted by Gasteiger charge is 2.19. The van der Waals surface area contributed by atoms with Crippen LogP contribution >= 0.6 is 11.3 Å². The summed E-state index contributed by atoms with van der Waals surface area (Å²) in [5.74, 6) is 0. The molecule has 0 fully saturated rings. The highest BCUT2D eigenvalue weighted by Crippen LogP contribution is 2.44. The van der Waals surface area contributed by atoms with Crippen molar-refractivity contribution in [1.29, 1.82) is 0 Å². The lowest BCUT2D eigenvalue weighted by Crippen LogP contribution is -2.10. The molecule has 0 aliphatic rings. The highest BCUT2D eigenvalue weighted by molar-refractivity contribution is 7.25. The molecule has 2 nitrogen and oxygen atoms in total. The maximum Gasteiger partial charge on any atom is 0.143 e. The number of hydrogen-bond acceptors (Lipinski definition) is 3. The summed E-state index contributed by atoms with van der Waals surface area (Å²) < 4.78 is 9.49. The van der Waals surface area contributed by atoms with Gasteiger partial charge in [-0.15, -0.1) is 11.3 Å². The van der Waals surface area contributed by atoms with Gasteiger partial charge >= 0.3 is 0 Å². The average molecular weight is 694 g/mol. The number of para-hydroxylation sites is 1. The third-order valence-corrected chi connectivity index (χ3v) is 11.8. The molecule has 9 aromatic carbocycles. The fourth-order valence-electron chi connectivity index (χ4n) is 8.12. The van der Waals surface area contributed by atoms with Gasteiger partial charge in [-0.2, -0.15) is 0 Å². The predicted octanol–water partition coefficient (Wildman–Crippen LogP) is 15.1. The molecule has 0 bridgehead atoms. The third-order valence-electron chi connectivity index (χ3n) is 10.6. The Morgan fingerprint density at radius 2 is 1.02 bits per heavy atom. The van der Waals surface area contributed by atoms with Gasteiger partial charge in [0.15, 0.2) is 0 Å². The summed E-state index contributed by atoms with van der Waals surface area (Å²) in [5, 5.41) is 9.63. The van der Waals surface area contributed by atoms with Crippen LogP contribution in [0.15, 0.2) is 192 Å². The molecule has 0 N–H and O–H groups in total. The van der Waals surface area contributed by atoms with E-state index in [1.807, 2.05) is 11.3 Å². The summed E-state index contributed by atoms with van der Waals surface area (Å²) in [6.07, 6.45) is 0. The molecule has 0 spiro atoms. The van der Waals surface area contributed by atoms with Crippen LogP contribution in [-0.4, -0.2) is 0 Å². The van der Waals surface area contributed by atoms with Gasteiger partial charge in [-0.05, 0) is 87.4 Å². The number of benzene rings is 9. The fourth-order valence-corrected chi connectivity index (χ4v) is 9.20. The van der Waals surface area contributed by atoms with Gasteiger partial charge in [0, 0.05) is 59.0 Å². The van der Waals surface area contributed by atoms with Crippen molar-refractivity contribution in [3.8, 4) is 22.3 Å². The van der Waals surface area contributed by atoms with Crippen molar-refractivity contribution in [2.45, 2.75) is 0 Å². The number of hydrogen-bond donors (Lipinski definition) is 0. The zero-order valence-electron chi connectivity index (χ0n) is 28.7. The van der Waals surface area contributed by atoms with Crippen LogP contribution in [0.2, 0.25) is 0 Å². The van der Waals surface area contributed by atoms with Gasteiger partial charge < -0.3 is 9.32 Å². The van der Waals surface area contributed by atoms with Crippen molar-refractivity contribution in [1.82, 2.24) is 0 Å². The normalized spacial score (nSPS) is 11.8. The molecule has 2 aromatic heterocycles. The summed E-state index contributed by atoms with van der Waals surface area (Å²) in [6, 6.07) is 67.9. The molecule has 0 aliphatic heterocycles. The van der Waals surface area contributed by atoms with Crippen molar-refractivity contribution in [2.75, 3.05) is 4.90 Å². The van der Waals surface area contributed by atoms with Crippen LogP contribution < -0.4 is 4.90 Å². The van der Waals surface area contributed by atoms with E-state index in [1.54, 1.807) is 0 Å². The van der Waals surface area contributed by atoms with E-state index in [-0.39, 0.29) is 0 Å². The van der Waals surface area contributed by atoms with E-state index in [0.717, 1.165) is 50.1 Å². The molecule has 11 aromatic rings. The first-order chi connectivity index (χ1) is 26.3. The lowest BCUT2D eigenvalue weighted by atomic mass is 9.98. The maximum atomic E-state index is 6.89. The minimum Gasteiger partial charge on any atom is -0.455 e. The van der Waals surface area contributed by atoms with Crippen LogP contribution in [0.3, 0.4) is 0 Å². The molecule has 0 radical (unpaired) electrons. The van der Waals surface area contributed by atoms with Gasteiger partial charge in [0.05, 0.1) is 0 Å². The molecule has 11 rings (SSSR count). The molecule has 0 atom stereocenters. The van der Waals surface area contributed by atoms with Gasteiger partial charge in [-0.25, -0.2) is 0 Å². The second kappa shape index (κ2) is 11.9. The van der Waals surface area contributed by atoms with Gasteiger partial charge in [0.1, 0.15) is 11.2 Å². The fraction of sp³-hybridized carbons (Fsp3) is 0. The van der Waals surface area contributed by atoms with Crippen molar-refractivity contribution in [3.63, 3.8) is 0 Å². The topological polar surface area (TPSA) is 16.4 Å². The highest BCUT2D eigenvalue weighted by atomic mass is 32.1. The molecule has 2 heterocycles. The van der Waals surface area contributed by atoms with Crippen LogP contribution in [0.25, 0.3) is 85.9 Å². The Labute approximate surface area is 310 Å².